The molecule has 4 heteroatoms. The van der Waals surface area contributed by atoms with Crippen LogP contribution in [0.15, 0.2) is 29.2 Å². The summed E-state index contributed by atoms with van der Waals surface area (Å²) in [5.74, 6) is -0.276. The summed E-state index contributed by atoms with van der Waals surface area (Å²) in [4.78, 5) is 12.4. The summed E-state index contributed by atoms with van der Waals surface area (Å²) >= 11 is 1.43. The number of hydrogen-bond acceptors (Lipinski definition) is 3. The fourth-order valence-electron chi connectivity index (χ4n) is 2.40. The first kappa shape index (κ1) is 18.9. The van der Waals surface area contributed by atoms with E-state index in [0.29, 0.717) is 0 Å². The predicted molar refractivity (Wildman–Crippen MR) is 93.1 cm³/mol. The minimum absolute atomic E-state index is 0.223. The smallest absolute Gasteiger partial charge is 0.251 e. The normalized spacial score (nSPS) is 12.2. The number of nitrogens with one attached hydrogen (secondary N) is 1. The van der Waals surface area contributed by atoms with Crippen molar-refractivity contribution in [2.45, 2.75) is 74.9 Å². The zero-order valence-electron chi connectivity index (χ0n) is 13.5. The zero-order valence-corrected chi connectivity index (χ0v) is 14.3. The van der Waals surface area contributed by atoms with Gasteiger partial charge in [-0.3, -0.25) is 10.5 Å². The molecule has 1 amide bonds. The molecule has 1 radical (unpaired) electrons. The molecule has 0 spiro atoms. The first-order chi connectivity index (χ1) is 10.6. The van der Waals surface area contributed by atoms with Gasteiger partial charge in [-0.1, -0.05) is 58.3 Å². The molecule has 0 aromatic heterocycles. The van der Waals surface area contributed by atoms with Crippen molar-refractivity contribution in [3.05, 3.63) is 24.3 Å². The van der Waals surface area contributed by atoms with E-state index in [2.05, 4.69) is 6.92 Å². The van der Waals surface area contributed by atoms with Crippen molar-refractivity contribution >= 4 is 17.7 Å². The summed E-state index contributed by atoms with van der Waals surface area (Å²) < 4.78 is 0. The molecule has 123 valence electrons. The number of phenolic OH excluding ortho intramolecular Hbond substituents is 1. The van der Waals surface area contributed by atoms with E-state index in [0.717, 1.165) is 24.2 Å². The van der Waals surface area contributed by atoms with Gasteiger partial charge in [0.05, 0.1) is 5.25 Å². The molecule has 0 aliphatic rings. The van der Waals surface area contributed by atoms with Crippen LogP contribution in [0.2, 0.25) is 0 Å². The summed E-state index contributed by atoms with van der Waals surface area (Å²) in [7, 11) is 0. The topological polar surface area (TPSA) is 61.1 Å². The minimum Gasteiger partial charge on any atom is -0.508 e. The van der Waals surface area contributed by atoms with Gasteiger partial charge in [-0.2, -0.15) is 0 Å². The van der Waals surface area contributed by atoms with Crippen molar-refractivity contribution in [2.75, 3.05) is 0 Å². The lowest BCUT2D eigenvalue weighted by atomic mass is 10.1. The van der Waals surface area contributed by atoms with E-state index in [1.54, 1.807) is 24.3 Å². The quantitative estimate of drug-likeness (QED) is 0.425. The Hall–Kier alpha value is -1.16. The van der Waals surface area contributed by atoms with E-state index in [4.69, 9.17) is 5.73 Å². The van der Waals surface area contributed by atoms with Crippen LogP contribution in [0.5, 0.6) is 5.75 Å². The van der Waals surface area contributed by atoms with Gasteiger partial charge >= 0.3 is 0 Å². The summed E-state index contributed by atoms with van der Waals surface area (Å²) in [6, 6.07) is 6.82. The van der Waals surface area contributed by atoms with E-state index in [-0.39, 0.29) is 11.0 Å². The van der Waals surface area contributed by atoms with Crippen LogP contribution in [0.3, 0.4) is 0 Å². The number of amides is 1. The van der Waals surface area contributed by atoms with Crippen LogP contribution in [0.1, 0.15) is 64.7 Å². The minimum atomic E-state index is -0.499. The second kappa shape index (κ2) is 11.4. The lowest BCUT2D eigenvalue weighted by molar-refractivity contribution is -0.118. The molecule has 1 atom stereocenters. The second-order valence-corrected chi connectivity index (χ2v) is 7.00. The summed E-state index contributed by atoms with van der Waals surface area (Å²) in [6.07, 6.45) is 10.7. The molecule has 3 nitrogen and oxygen atoms in total. The van der Waals surface area contributed by atoms with Crippen LogP contribution in [-0.4, -0.2) is 16.3 Å². The average molecular weight is 322 g/mol. The number of phenols is 1. The number of unbranched alkanes of at least 4 members (excludes halogenated alkanes) is 7. The summed E-state index contributed by atoms with van der Waals surface area (Å²) in [6.45, 7) is 2.23. The lowest BCUT2D eigenvalue weighted by Crippen LogP contribution is -2.17. The van der Waals surface area contributed by atoms with Crippen molar-refractivity contribution in [2.24, 2.45) is 0 Å². The largest absolute Gasteiger partial charge is 0.508 e. The van der Waals surface area contributed by atoms with Crippen molar-refractivity contribution in [1.29, 1.82) is 0 Å². The number of thioether (sulfide) groups is 1. The maximum atomic E-state index is 11.4. The number of aromatic hydroxyl groups is 1. The Morgan fingerprint density at radius 3 is 2.14 bits per heavy atom. The number of benzene rings is 1. The van der Waals surface area contributed by atoms with Gasteiger partial charge < -0.3 is 5.11 Å². The first-order valence-corrected chi connectivity index (χ1v) is 9.22. The van der Waals surface area contributed by atoms with E-state index >= 15 is 0 Å². The Bertz CT molecular complexity index is 420. The molecule has 1 aromatic carbocycles. The molecule has 22 heavy (non-hydrogen) atoms. The Balaban J connectivity index is 2.21. The fraction of sp³-hybridized carbons (Fsp3) is 0.611. The van der Waals surface area contributed by atoms with Gasteiger partial charge in [-0.25, -0.2) is 0 Å². The van der Waals surface area contributed by atoms with E-state index in [1.165, 1.54) is 50.3 Å². The second-order valence-electron chi connectivity index (χ2n) is 5.73. The molecule has 1 aromatic rings. The van der Waals surface area contributed by atoms with Crippen molar-refractivity contribution in [3.63, 3.8) is 0 Å². The van der Waals surface area contributed by atoms with Gasteiger partial charge in [-0.05, 0) is 30.7 Å². The Morgan fingerprint density at radius 1 is 1.05 bits per heavy atom. The third kappa shape index (κ3) is 8.32. The van der Waals surface area contributed by atoms with Gasteiger partial charge in [-0.15, -0.1) is 11.8 Å². The Kier molecular flexibility index (Phi) is 9.80. The van der Waals surface area contributed by atoms with Crippen molar-refractivity contribution < 1.29 is 9.90 Å². The van der Waals surface area contributed by atoms with Gasteiger partial charge in [0, 0.05) is 4.90 Å². The number of rotatable bonds is 12. The Labute approximate surface area is 138 Å². The molecule has 0 fully saturated rings. The molecule has 0 aliphatic heterocycles. The van der Waals surface area contributed by atoms with Gasteiger partial charge in [0.1, 0.15) is 5.75 Å². The van der Waals surface area contributed by atoms with Gasteiger partial charge in [0.15, 0.2) is 0 Å². The van der Waals surface area contributed by atoms with Crippen LogP contribution in [0.25, 0.3) is 0 Å². The predicted octanol–water partition coefficient (Wildman–Crippen LogP) is 5.19. The van der Waals surface area contributed by atoms with Crippen LogP contribution in [0.4, 0.5) is 0 Å². The molecule has 0 heterocycles. The maximum absolute atomic E-state index is 11.4. The highest BCUT2D eigenvalue weighted by atomic mass is 32.2. The SMILES string of the molecule is CCCCCCCCCCC(Sc1ccc(O)cc1)C([NH])=O. The summed E-state index contributed by atoms with van der Waals surface area (Å²) in [5, 5.41) is 8.98. The highest BCUT2D eigenvalue weighted by Gasteiger charge is 2.17. The average Bonchev–Trinajstić information content (AvgIpc) is 2.50. The first-order valence-electron chi connectivity index (χ1n) is 8.34. The van der Waals surface area contributed by atoms with E-state index in [1.807, 2.05) is 0 Å². The molecule has 1 rings (SSSR count). The fourth-order valence-corrected chi connectivity index (χ4v) is 3.41. The highest BCUT2D eigenvalue weighted by Crippen LogP contribution is 2.28. The Morgan fingerprint density at radius 2 is 1.59 bits per heavy atom. The van der Waals surface area contributed by atoms with Gasteiger partial charge in [0.2, 0.25) is 0 Å². The zero-order chi connectivity index (χ0) is 16.2. The molecule has 0 saturated carbocycles. The molecule has 0 bridgehead atoms. The third-order valence-corrected chi connectivity index (χ3v) is 5.01. The molecule has 1 unspecified atom stereocenters. The van der Waals surface area contributed by atoms with E-state index in [9.17, 15) is 9.90 Å². The monoisotopic (exact) mass is 322 g/mol. The lowest BCUT2D eigenvalue weighted by Gasteiger charge is -2.12. The third-order valence-electron chi connectivity index (χ3n) is 3.73. The maximum Gasteiger partial charge on any atom is 0.251 e. The van der Waals surface area contributed by atoms with Crippen LogP contribution in [-0.2, 0) is 4.79 Å². The highest BCUT2D eigenvalue weighted by molar-refractivity contribution is 8.00. The standard InChI is InChI=1S/C18H28NO2S/c1-2-3-4-5-6-7-8-9-10-17(18(19)21)22-16-13-11-15(20)12-14-16/h11-14,17,19-20H,2-10H2,1H3. The van der Waals surface area contributed by atoms with Crippen LogP contribution < -0.4 is 5.73 Å². The van der Waals surface area contributed by atoms with Crippen molar-refractivity contribution in [1.82, 2.24) is 5.73 Å². The number of carbonyl (C=O) groups is 1. The van der Waals surface area contributed by atoms with Crippen molar-refractivity contribution in [3.8, 4) is 5.75 Å². The molecule has 2 N–H and O–H groups in total. The van der Waals surface area contributed by atoms with Gasteiger partial charge in [0.25, 0.3) is 5.91 Å². The van der Waals surface area contributed by atoms with Crippen LogP contribution in [0, 0.1) is 0 Å². The number of hydrogen-bond donors (Lipinski definition) is 1. The molecule has 0 saturated heterocycles. The molecule has 0 aliphatic carbocycles. The van der Waals surface area contributed by atoms with Crippen LogP contribution >= 0.6 is 11.8 Å². The molecular weight excluding hydrogens is 294 g/mol. The summed E-state index contributed by atoms with van der Waals surface area (Å²) in [5.41, 5.74) is 7.41. The molecular formula is C18H28NO2S. The number of carbonyl (C=O) groups excluding carboxylic acids is 1. The van der Waals surface area contributed by atoms with E-state index < -0.39 is 5.91 Å².